The fraction of sp³-hybridized carbons (Fsp3) is 0.346. The molecule has 2 aliphatic carbocycles. The number of hydrogen-bond donors (Lipinski definition) is 1. The first kappa shape index (κ1) is 23.1. The molecule has 0 radical (unpaired) electrons. The highest BCUT2D eigenvalue weighted by atomic mass is 35.5. The summed E-state index contributed by atoms with van der Waals surface area (Å²) >= 11 is 6.23. The normalized spacial score (nSPS) is 22.6. The SMILES string of the molecule is C=CC1(NC(=C)N(C)c2cncc3ccccc23)CC(C2=CCCC(F)=C2Cl)C1.CC. The molecule has 0 spiro atoms. The third-order valence-corrected chi connectivity index (χ3v) is 6.50. The van der Waals surface area contributed by atoms with E-state index in [1.165, 1.54) is 0 Å². The molecule has 0 aliphatic heterocycles. The molecule has 0 amide bonds. The van der Waals surface area contributed by atoms with Gasteiger partial charge in [0.1, 0.15) is 5.83 Å². The smallest absolute Gasteiger partial charge is 0.119 e. The van der Waals surface area contributed by atoms with E-state index in [-0.39, 0.29) is 17.3 Å². The van der Waals surface area contributed by atoms with Gasteiger partial charge in [-0.25, -0.2) is 4.39 Å². The van der Waals surface area contributed by atoms with Gasteiger partial charge in [-0.3, -0.25) is 4.98 Å². The Bertz CT molecular complexity index is 1030. The molecule has 2 aromatic rings. The lowest BCUT2D eigenvalue weighted by Gasteiger charge is -2.49. The van der Waals surface area contributed by atoms with E-state index < -0.39 is 0 Å². The van der Waals surface area contributed by atoms with Gasteiger partial charge in [0, 0.05) is 30.4 Å². The van der Waals surface area contributed by atoms with Crippen LogP contribution in [0.3, 0.4) is 0 Å². The largest absolute Gasteiger partial charge is 0.363 e. The van der Waals surface area contributed by atoms with E-state index >= 15 is 0 Å². The Kier molecular flexibility index (Phi) is 7.22. The maximum atomic E-state index is 13.9. The minimum atomic E-state index is -0.278. The van der Waals surface area contributed by atoms with Gasteiger partial charge in [0.15, 0.2) is 0 Å². The molecular weight excluding hydrogens is 409 g/mol. The fourth-order valence-electron chi connectivity index (χ4n) is 4.30. The summed E-state index contributed by atoms with van der Waals surface area (Å²) in [5.74, 6) is 0.809. The Morgan fingerprint density at radius 3 is 2.71 bits per heavy atom. The first-order valence-electron chi connectivity index (χ1n) is 10.9. The van der Waals surface area contributed by atoms with Gasteiger partial charge in [-0.1, -0.05) is 68.4 Å². The Labute approximate surface area is 190 Å². The van der Waals surface area contributed by atoms with Crippen LogP contribution < -0.4 is 10.2 Å². The minimum absolute atomic E-state index is 0.194. The molecule has 0 saturated heterocycles. The van der Waals surface area contributed by atoms with E-state index in [1.807, 2.05) is 62.5 Å². The van der Waals surface area contributed by atoms with Crippen molar-refractivity contribution >= 4 is 28.1 Å². The van der Waals surface area contributed by atoms with Crippen LogP contribution in [-0.2, 0) is 0 Å². The van der Waals surface area contributed by atoms with Crippen LogP contribution in [0.15, 0.2) is 84.2 Å². The van der Waals surface area contributed by atoms with Gasteiger partial charge in [0.2, 0.25) is 0 Å². The number of aromatic nitrogens is 1. The van der Waals surface area contributed by atoms with Gasteiger partial charge in [-0.2, -0.15) is 0 Å². The van der Waals surface area contributed by atoms with E-state index in [0.29, 0.717) is 17.9 Å². The van der Waals surface area contributed by atoms with Gasteiger partial charge in [-0.15, -0.1) is 6.58 Å². The first-order chi connectivity index (χ1) is 14.9. The maximum absolute atomic E-state index is 13.9. The molecule has 4 rings (SSSR count). The topological polar surface area (TPSA) is 28.2 Å². The van der Waals surface area contributed by atoms with Crippen molar-refractivity contribution in [1.82, 2.24) is 10.3 Å². The van der Waals surface area contributed by atoms with Crippen molar-refractivity contribution in [2.24, 2.45) is 5.92 Å². The van der Waals surface area contributed by atoms with Gasteiger partial charge in [-0.05, 0) is 30.8 Å². The average molecular weight is 440 g/mol. The van der Waals surface area contributed by atoms with Crippen LogP contribution in [0.25, 0.3) is 10.8 Å². The van der Waals surface area contributed by atoms with Crippen molar-refractivity contribution in [2.75, 3.05) is 11.9 Å². The van der Waals surface area contributed by atoms with E-state index in [2.05, 4.69) is 35.6 Å². The zero-order chi connectivity index (χ0) is 22.6. The molecule has 164 valence electrons. The van der Waals surface area contributed by atoms with Gasteiger partial charge in [0.05, 0.1) is 28.3 Å². The number of halogens is 2. The predicted molar refractivity (Wildman–Crippen MR) is 131 cm³/mol. The molecule has 0 bridgehead atoms. The van der Waals surface area contributed by atoms with Crippen molar-refractivity contribution in [3.63, 3.8) is 0 Å². The highest BCUT2D eigenvalue weighted by Crippen LogP contribution is 2.48. The number of pyridine rings is 1. The van der Waals surface area contributed by atoms with Crippen LogP contribution in [0.5, 0.6) is 0 Å². The van der Waals surface area contributed by atoms with E-state index in [1.54, 1.807) is 0 Å². The molecular formula is C26H31ClFN3. The second-order valence-corrected chi connectivity index (χ2v) is 8.27. The van der Waals surface area contributed by atoms with Gasteiger partial charge >= 0.3 is 0 Å². The lowest BCUT2D eigenvalue weighted by molar-refractivity contribution is 0.193. The van der Waals surface area contributed by atoms with Crippen LogP contribution in [0.4, 0.5) is 10.1 Å². The number of fused-ring (bicyclic) bond motifs is 1. The van der Waals surface area contributed by atoms with Crippen LogP contribution in [-0.4, -0.2) is 17.6 Å². The molecule has 1 N–H and O–H groups in total. The van der Waals surface area contributed by atoms with E-state index in [4.69, 9.17) is 11.6 Å². The fourth-order valence-corrected chi connectivity index (χ4v) is 4.63. The second-order valence-electron chi connectivity index (χ2n) is 7.89. The Balaban J connectivity index is 0.00000132. The number of rotatable bonds is 6. The van der Waals surface area contributed by atoms with E-state index in [9.17, 15) is 4.39 Å². The van der Waals surface area contributed by atoms with Crippen molar-refractivity contribution < 1.29 is 4.39 Å². The van der Waals surface area contributed by atoms with Crippen LogP contribution in [0.2, 0.25) is 0 Å². The summed E-state index contributed by atoms with van der Waals surface area (Å²) in [6.07, 6.45) is 10.5. The summed E-state index contributed by atoms with van der Waals surface area (Å²) in [4.78, 5) is 6.38. The molecule has 1 aromatic carbocycles. The zero-order valence-corrected chi connectivity index (χ0v) is 19.3. The summed E-state index contributed by atoms with van der Waals surface area (Å²) < 4.78 is 13.9. The minimum Gasteiger partial charge on any atom is -0.363 e. The first-order valence-corrected chi connectivity index (χ1v) is 11.2. The summed E-state index contributed by atoms with van der Waals surface area (Å²) in [6.45, 7) is 12.3. The molecule has 0 unspecified atom stereocenters. The highest BCUT2D eigenvalue weighted by Gasteiger charge is 2.45. The number of allylic oxidation sites excluding steroid dienone is 4. The van der Waals surface area contributed by atoms with Crippen molar-refractivity contribution in [3.8, 4) is 0 Å². The standard InChI is InChI=1S/C24H25ClFN3.C2H6/c1-4-24(12-18(13-24)20-10-7-11-21(26)23(20)25)28-16(2)29(3)22-15-27-14-17-8-5-6-9-19(17)22;1-2/h4-6,8-10,14-15,18,28H,1-2,7,11-13H2,3H3;1-2H3. The number of benzene rings is 1. The lowest BCUT2D eigenvalue weighted by Crippen LogP contribution is -2.55. The Hall–Kier alpha value is -2.59. The monoisotopic (exact) mass is 439 g/mol. The molecule has 31 heavy (non-hydrogen) atoms. The summed E-state index contributed by atoms with van der Waals surface area (Å²) in [5.41, 5.74) is 1.64. The molecule has 1 aromatic heterocycles. The maximum Gasteiger partial charge on any atom is 0.119 e. The quantitative estimate of drug-likeness (QED) is 0.481. The molecule has 0 atom stereocenters. The number of hydrogen-bond acceptors (Lipinski definition) is 3. The number of nitrogens with one attached hydrogen (secondary N) is 1. The van der Waals surface area contributed by atoms with Crippen molar-refractivity contribution in [2.45, 2.75) is 45.1 Å². The molecule has 5 heteroatoms. The molecule has 1 heterocycles. The third-order valence-electron chi connectivity index (χ3n) is 6.08. The molecule has 1 saturated carbocycles. The van der Waals surface area contributed by atoms with Crippen LogP contribution in [0.1, 0.15) is 39.5 Å². The zero-order valence-electron chi connectivity index (χ0n) is 18.6. The summed E-state index contributed by atoms with van der Waals surface area (Å²) in [7, 11) is 1.98. The molecule has 1 fully saturated rings. The molecule has 2 aliphatic rings. The summed E-state index contributed by atoms with van der Waals surface area (Å²) in [5, 5.41) is 6.05. The Morgan fingerprint density at radius 2 is 2.00 bits per heavy atom. The Morgan fingerprint density at radius 1 is 1.29 bits per heavy atom. The van der Waals surface area contributed by atoms with Crippen LogP contribution >= 0.6 is 11.6 Å². The van der Waals surface area contributed by atoms with Gasteiger partial charge < -0.3 is 10.2 Å². The summed E-state index contributed by atoms with van der Waals surface area (Å²) in [6, 6.07) is 8.15. The predicted octanol–water partition coefficient (Wildman–Crippen LogP) is 7.23. The number of anilines is 1. The van der Waals surface area contributed by atoms with Crippen molar-refractivity contribution in [1.29, 1.82) is 0 Å². The van der Waals surface area contributed by atoms with E-state index in [0.717, 1.165) is 40.7 Å². The lowest BCUT2D eigenvalue weighted by atomic mass is 9.64. The number of nitrogens with zero attached hydrogens (tertiary/aromatic N) is 2. The third kappa shape index (κ3) is 4.54. The highest BCUT2D eigenvalue weighted by molar-refractivity contribution is 6.32. The van der Waals surface area contributed by atoms with Crippen LogP contribution in [0, 0.1) is 5.92 Å². The van der Waals surface area contributed by atoms with Crippen molar-refractivity contribution in [3.05, 3.63) is 84.2 Å². The molecule has 3 nitrogen and oxygen atoms in total. The van der Waals surface area contributed by atoms with Gasteiger partial charge in [0.25, 0.3) is 0 Å². The average Bonchev–Trinajstić information content (AvgIpc) is 2.78. The second kappa shape index (κ2) is 9.69.